The van der Waals surface area contributed by atoms with Crippen LogP contribution in [0.15, 0.2) is 65.8 Å². The van der Waals surface area contributed by atoms with Crippen molar-refractivity contribution in [3.05, 3.63) is 83.4 Å². The first-order chi connectivity index (χ1) is 10.3. The number of aliphatic imine (C=N–C) groups is 1. The number of rotatable bonds is 1. The molecule has 4 rings (SSSR count). The van der Waals surface area contributed by atoms with Gasteiger partial charge in [-0.2, -0.15) is 0 Å². The molecule has 3 nitrogen and oxygen atoms in total. The van der Waals surface area contributed by atoms with Gasteiger partial charge in [-0.1, -0.05) is 48.5 Å². The van der Waals surface area contributed by atoms with E-state index in [-0.39, 0.29) is 0 Å². The third kappa shape index (κ3) is 1.89. The van der Waals surface area contributed by atoms with E-state index >= 15 is 0 Å². The third-order valence-electron chi connectivity index (χ3n) is 3.86. The average Bonchev–Trinajstić information content (AvgIpc) is 2.81. The zero-order valence-electron chi connectivity index (χ0n) is 11.8. The number of imidazole rings is 1. The first kappa shape index (κ1) is 12.1. The molecule has 1 aliphatic rings. The van der Waals surface area contributed by atoms with Crippen molar-refractivity contribution >= 4 is 5.71 Å². The Labute approximate surface area is 123 Å². The molecule has 1 aliphatic heterocycles. The molecule has 0 bridgehead atoms. The number of hydrogen-bond donors (Lipinski definition) is 0. The van der Waals surface area contributed by atoms with Gasteiger partial charge in [0.15, 0.2) is 0 Å². The summed E-state index contributed by atoms with van der Waals surface area (Å²) in [5, 5.41) is 0. The molecule has 3 aromatic rings. The van der Waals surface area contributed by atoms with E-state index in [1.54, 1.807) is 0 Å². The minimum Gasteiger partial charge on any atom is -0.298 e. The predicted molar refractivity (Wildman–Crippen MR) is 84.1 cm³/mol. The summed E-state index contributed by atoms with van der Waals surface area (Å²) in [6, 6.07) is 18.8. The van der Waals surface area contributed by atoms with Crippen molar-refractivity contribution in [3.8, 4) is 5.69 Å². The lowest BCUT2D eigenvalue weighted by Gasteiger charge is -2.12. The molecule has 0 spiro atoms. The van der Waals surface area contributed by atoms with Crippen LogP contribution in [0.1, 0.15) is 22.6 Å². The molecule has 0 unspecified atom stereocenters. The highest BCUT2D eigenvalue weighted by atomic mass is 15.1. The maximum atomic E-state index is 4.85. The van der Waals surface area contributed by atoms with E-state index in [2.05, 4.69) is 58.1 Å². The number of fused-ring (bicyclic) bond motifs is 3. The van der Waals surface area contributed by atoms with Crippen LogP contribution in [0.2, 0.25) is 0 Å². The molecular formula is C18H15N3. The normalized spacial score (nSPS) is 13.1. The molecule has 0 saturated heterocycles. The summed E-state index contributed by atoms with van der Waals surface area (Å²) in [5.41, 5.74) is 5.65. The second-order valence-electron chi connectivity index (χ2n) is 5.18. The van der Waals surface area contributed by atoms with E-state index in [1.165, 1.54) is 0 Å². The van der Waals surface area contributed by atoms with E-state index in [4.69, 9.17) is 4.99 Å². The van der Waals surface area contributed by atoms with E-state index in [9.17, 15) is 0 Å². The van der Waals surface area contributed by atoms with Crippen LogP contribution in [0.4, 0.5) is 0 Å². The van der Waals surface area contributed by atoms with E-state index in [0.717, 1.165) is 34.0 Å². The van der Waals surface area contributed by atoms with Crippen LogP contribution in [-0.2, 0) is 6.54 Å². The second kappa shape index (κ2) is 4.70. The Morgan fingerprint density at radius 1 is 0.952 bits per heavy atom. The topological polar surface area (TPSA) is 30.2 Å². The lowest BCUT2D eigenvalue weighted by molar-refractivity contribution is 0.889. The van der Waals surface area contributed by atoms with Gasteiger partial charge in [0, 0.05) is 11.1 Å². The number of nitrogens with zero attached hydrogens (tertiary/aromatic N) is 3. The number of hydrogen-bond acceptors (Lipinski definition) is 2. The number of benzene rings is 2. The Hall–Kier alpha value is -2.68. The Morgan fingerprint density at radius 3 is 2.57 bits per heavy atom. The quantitative estimate of drug-likeness (QED) is 0.667. The first-order valence-electron chi connectivity index (χ1n) is 7.07. The molecule has 0 atom stereocenters. The summed E-state index contributed by atoms with van der Waals surface area (Å²) in [6.07, 6.45) is 1.92. The molecule has 3 heteroatoms. The second-order valence-corrected chi connectivity index (χ2v) is 5.18. The standard InChI is InChI=1S/C18H15N3/c1-13-19-11-15-12-20-18(14-7-3-2-4-8-14)16-9-5-6-10-17(16)21(13)15/h2-11H,12H2,1H3. The Balaban J connectivity index is 1.99. The van der Waals surface area contributed by atoms with Crippen LogP contribution in [0, 0.1) is 6.92 Å². The molecule has 0 saturated carbocycles. The van der Waals surface area contributed by atoms with Gasteiger partial charge in [-0.15, -0.1) is 0 Å². The summed E-state index contributed by atoms with van der Waals surface area (Å²) in [7, 11) is 0. The molecule has 0 N–H and O–H groups in total. The van der Waals surface area contributed by atoms with E-state index in [0.29, 0.717) is 6.54 Å². The highest BCUT2D eigenvalue weighted by Gasteiger charge is 2.19. The van der Waals surface area contributed by atoms with Crippen LogP contribution in [0.25, 0.3) is 5.69 Å². The van der Waals surface area contributed by atoms with Crippen LogP contribution in [0.5, 0.6) is 0 Å². The fraction of sp³-hybridized carbons (Fsp3) is 0.111. The van der Waals surface area contributed by atoms with Crippen LogP contribution < -0.4 is 0 Å². The van der Waals surface area contributed by atoms with Crippen molar-refractivity contribution in [1.29, 1.82) is 0 Å². The summed E-state index contributed by atoms with van der Waals surface area (Å²) in [4.78, 5) is 9.28. The SMILES string of the molecule is Cc1ncc2n1-c1ccccc1C(c1ccccc1)=NC2. The van der Waals surface area contributed by atoms with Gasteiger partial charge in [0.25, 0.3) is 0 Å². The number of aryl methyl sites for hydroxylation is 1. The molecular weight excluding hydrogens is 258 g/mol. The van der Waals surface area contributed by atoms with Crippen LogP contribution in [0.3, 0.4) is 0 Å². The summed E-state index contributed by atoms with van der Waals surface area (Å²) in [5.74, 6) is 1.00. The van der Waals surface area contributed by atoms with Gasteiger partial charge < -0.3 is 0 Å². The van der Waals surface area contributed by atoms with E-state index in [1.807, 2.05) is 19.2 Å². The summed E-state index contributed by atoms with van der Waals surface area (Å²) >= 11 is 0. The van der Waals surface area contributed by atoms with Crippen molar-refractivity contribution < 1.29 is 0 Å². The lowest BCUT2D eigenvalue weighted by Crippen LogP contribution is -2.07. The van der Waals surface area contributed by atoms with Crippen molar-refractivity contribution in [2.24, 2.45) is 4.99 Å². The van der Waals surface area contributed by atoms with E-state index < -0.39 is 0 Å². The molecule has 102 valence electrons. The van der Waals surface area contributed by atoms with Crippen LogP contribution >= 0.6 is 0 Å². The lowest BCUT2D eigenvalue weighted by atomic mass is 10.0. The largest absolute Gasteiger partial charge is 0.298 e. The fourth-order valence-electron chi connectivity index (χ4n) is 2.89. The van der Waals surface area contributed by atoms with Gasteiger partial charge >= 0.3 is 0 Å². The van der Waals surface area contributed by atoms with Crippen molar-refractivity contribution in [2.45, 2.75) is 13.5 Å². The summed E-state index contributed by atoms with van der Waals surface area (Å²) < 4.78 is 2.20. The minimum atomic E-state index is 0.653. The zero-order valence-corrected chi connectivity index (χ0v) is 11.8. The van der Waals surface area contributed by atoms with Crippen molar-refractivity contribution in [1.82, 2.24) is 9.55 Å². The number of aromatic nitrogens is 2. The molecule has 0 radical (unpaired) electrons. The van der Waals surface area contributed by atoms with Crippen LogP contribution in [-0.4, -0.2) is 15.3 Å². The Morgan fingerprint density at radius 2 is 1.71 bits per heavy atom. The summed E-state index contributed by atoms with van der Waals surface area (Å²) in [6.45, 7) is 2.69. The zero-order chi connectivity index (χ0) is 14.2. The van der Waals surface area contributed by atoms with Gasteiger partial charge in [0.2, 0.25) is 0 Å². The van der Waals surface area contributed by atoms with Crippen molar-refractivity contribution in [3.63, 3.8) is 0 Å². The predicted octanol–water partition coefficient (Wildman–Crippen LogP) is 3.53. The van der Waals surface area contributed by atoms with Gasteiger partial charge in [-0.25, -0.2) is 4.98 Å². The average molecular weight is 273 g/mol. The van der Waals surface area contributed by atoms with Gasteiger partial charge in [0.05, 0.1) is 29.8 Å². The minimum absolute atomic E-state index is 0.653. The smallest absolute Gasteiger partial charge is 0.110 e. The number of para-hydroxylation sites is 1. The molecule has 2 aromatic carbocycles. The highest BCUT2D eigenvalue weighted by Crippen LogP contribution is 2.26. The van der Waals surface area contributed by atoms with Gasteiger partial charge in [-0.3, -0.25) is 9.56 Å². The maximum Gasteiger partial charge on any atom is 0.110 e. The Bertz CT molecular complexity index is 829. The maximum absolute atomic E-state index is 4.85. The fourth-order valence-corrected chi connectivity index (χ4v) is 2.89. The Kier molecular flexibility index (Phi) is 2.71. The van der Waals surface area contributed by atoms with Gasteiger partial charge in [-0.05, 0) is 13.0 Å². The molecule has 2 heterocycles. The van der Waals surface area contributed by atoms with Crippen molar-refractivity contribution in [2.75, 3.05) is 0 Å². The molecule has 0 fully saturated rings. The third-order valence-corrected chi connectivity index (χ3v) is 3.86. The van der Waals surface area contributed by atoms with Gasteiger partial charge in [0.1, 0.15) is 5.82 Å². The highest BCUT2D eigenvalue weighted by molar-refractivity contribution is 6.15. The molecule has 0 aliphatic carbocycles. The molecule has 21 heavy (non-hydrogen) atoms. The first-order valence-corrected chi connectivity index (χ1v) is 7.07. The molecule has 0 amide bonds. The monoisotopic (exact) mass is 273 g/mol. The molecule has 1 aromatic heterocycles.